The number of halogens is 2. The van der Waals surface area contributed by atoms with Crippen molar-refractivity contribution in [3.8, 4) is 0 Å². The van der Waals surface area contributed by atoms with Gasteiger partial charge >= 0.3 is 0 Å². The Hall–Kier alpha value is -0.360. The van der Waals surface area contributed by atoms with Gasteiger partial charge in [-0.3, -0.25) is 4.79 Å². The summed E-state index contributed by atoms with van der Waals surface area (Å²) in [5, 5.41) is 3.82. The average Bonchev–Trinajstić information content (AvgIpc) is 2.58. The van der Waals surface area contributed by atoms with Gasteiger partial charge in [-0.1, -0.05) is 13.8 Å². The quantitative estimate of drug-likeness (QED) is 0.873. The van der Waals surface area contributed by atoms with Crippen molar-refractivity contribution in [2.75, 3.05) is 6.54 Å². The number of aryl methyl sites for hydroxylation is 1. The molecule has 0 aromatic carbocycles. The molecule has 112 valence electrons. The molecule has 0 unspecified atom stereocenters. The second-order valence-electron chi connectivity index (χ2n) is 4.72. The van der Waals surface area contributed by atoms with Crippen molar-refractivity contribution in [2.24, 2.45) is 11.7 Å². The number of rotatable bonds is 5. The summed E-state index contributed by atoms with van der Waals surface area (Å²) >= 11 is 1.45. The fourth-order valence-electron chi connectivity index (χ4n) is 1.52. The number of nitrogens with zero attached hydrogens (tertiary/aromatic N) is 1. The monoisotopic (exact) mass is 327 g/mol. The molecule has 0 aliphatic heterocycles. The molecule has 1 rings (SSSR count). The van der Waals surface area contributed by atoms with Crippen LogP contribution in [0.4, 0.5) is 0 Å². The van der Waals surface area contributed by atoms with E-state index in [2.05, 4.69) is 24.1 Å². The van der Waals surface area contributed by atoms with Crippen LogP contribution < -0.4 is 11.1 Å². The predicted molar refractivity (Wildman–Crippen MR) is 85.9 cm³/mol. The molecule has 1 amide bonds. The zero-order valence-corrected chi connectivity index (χ0v) is 14.2. The molecule has 3 N–H and O–H groups in total. The summed E-state index contributed by atoms with van der Waals surface area (Å²) in [4.78, 5) is 17.2. The van der Waals surface area contributed by atoms with Crippen LogP contribution in [0, 0.1) is 12.8 Å². The van der Waals surface area contributed by atoms with Crippen molar-refractivity contribution < 1.29 is 4.79 Å². The molecule has 0 radical (unpaired) electrons. The van der Waals surface area contributed by atoms with E-state index in [0.29, 0.717) is 12.5 Å². The van der Waals surface area contributed by atoms with Crippen LogP contribution in [0.25, 0.3) is 0 Å². The van der Waals surface area contributed by atoms with Crippen LogP contribution in [-0.4, -0.2) is 23.5 Å². The molecule has 0 saturated carbocycles. The fourth-order valence-corrected chi connectivity index (χ4v) is 2.37. The molecule has 0 aliphatic carbocycles. The Labute approximate surface area is 131 Å². The highest BCUT2D eigenvalue weighted by Gasteiger charge is 2.18. The first-order valence-corrected chi connectivity index (χ1v) is 6.73. The topological polar surface area (TPSA) is 68.0 Å². The number of carbonyl (C=O) groups is 1. The molecule has 1 heterocycles. The van der Waals surface area contributed by atoms with E-state index in [4.69, 9.17) is 5.73 Å². The summed E-state index contributed by atoms with van der Waals surface area (Å²) in [6.45, 7) is 8.52. The van der Waals surface area contributed by atoms with Crippen molar-refractivity contribution >= 4 is 42.1 Å². The largest absolute Gasteiger partial charge is 0.348 e. The van der Waals surface area contributed by atoms with Crippen LogP contribution in [0.15, 0.2) is 0 Å². The smallest absolute Gasteiger partial charge is 0.263 e. The minimum Gasteiger partial charge on any atom is -0.348 e. The standard InChI is InChI=1S/C12H21N3OS.2ClH/c1-7(2)5-10-11(17-9(4)15-10)12(16)14-8(3)6-13;;/h7-8H,5-6,13H2,1-4H3,(H,14,16);2*1H/t8-;;/m0../s1. The second kappa shape index (κ2) is 9.53. The van der Waals surface area contributed by atoms with E-state index in [1.165, 1.54) is 11.3 Å². The van der Waals surface area contributed by atoms with Gasteiger partial charge < -0.3 is 11.1 Å². The van der Waals surface area contributed by atoms with E-state index in [-0.39, 0.29) is 36.8 Å². The fraction of sp³-hybridized carbons (Fsp3) is 0.667. The summed E-state index contributed by atoms with van der Waals surface area (Å²) < 4.78 is 0. The summed E-state index contributed by atoms with van der Waals surface area (Å²) in [5.74, 6) is 0.444. The molecule has 1 aromatic heterocycles. The van der Waals surface area contributed by atoms with Crippen molar-refractivity contribution in [1.29, 1.82) is 0 Å². The van der Waals surface area contributed by atoms with E-state index in [1.54, 1.807) is 0 Å². The van der Waals surface area contributed by atoms with Gasteiger partial charge in [0.2, 0.25) is 0 Å². The highest BCUT2D eigenvalue weighted by atomic mass is 35.5. The Kier molecular flexibility index (Phi) is 10.5. The lowest BCUT2D eigenvalue weighted by molar-refractivity contribution is 0.0944. The number of thiazole rings is 1. The number of nitrogens with one attached hydrogen (secondary N) is 1. The van der Waals surface area contributed by atoms with E-state index in [9.17, 15) is 4.79 Å². The van der Waals surface area contributed by atoms with E-state index < -0.39 is 0 Å². The number of nitrogens with two attached hydrogens (primary N) is 1. The van der Waals surface area contributed by atoms with Gasteiger partial charge in [0.1, 0.15) is 4.88 Å². The van der Waals surface area contributed by atoms with Crippen LogP contribution >= 0.6 is 36.2 Å². The van der Waals surface area contributed by atoms with Crippen LogP contribution in [0.2, 0.25) is 0 Å². The maximum atomic E-state index is 12.0. The summed E-state index contributed by atoms with van der Waals surface area (Å²) in [7, 11) is 0. The van der Waals surface area contributed by atoms with Crippen molar-refractivity contribution in [1.82, 2.24) is 10.3 Å². The van der Waals surface area contributed by atoms with Gasteiger partial charge in [0.25, 0.3) is 5.91 Å². The first-order valence-electron chi connectivity index (χ1n) is 5.91. The van der Waals surface area contributed by atoms with Gasteiger partial charge in [-0.25, -0.2) is 4.98 Å². The van der Waals surface area contributed by atoms with E-state index >= 15 is 0 Å². The SMILES string of the molecule is Cc1nc(CC(C)C)c(C(=O)N[C@@H](C)CN)s1.Cl.Cl. The van der Waals surface area contributed by atoms with Crippen LogP contribution in [-0.2, 0) is 6.42 Å². The van der Waals surface area contributed by atoms with Crippen LogP contribution in [0.5, 0.6) is 0 Å². The molecule has 1 aromatic rings. The molecule has 0 aliphatic rings. The van der Waals surface area contributed by atoms with E-state index in [0.717, 1.165) is 22.0 Å². The van der Waals surface area contributed by atoms with Gasteiger partial charge in [-0.05, 0) is 26.2 Å². The Morgan fingerprint density at radius 2 is 1.95 bits per heavy atom. The normalized spacial score (nSPS) is 11.5. The number of aromatic nitrogens is 1. The number of hydrogen-bond acceptors (Lipinski definition) is 4. The van der Waals surface area contributed by atoms with Crippen molar-refractivity contribution in [2.45, 2.75) is 40.2 Å². The summed E-state index contributed by atoms with van der Waals surface area (Å²) in [5.41, 5.74) is 6.40. The van der Waals surface area contributed by atoms with Gasteiger partial charge in [0.05, 0.1) is 10.7 Å². The third kappa shape index (κ3) is 6.56. The molecular weight excluding hydrogens is 305 g/mol. The van der Waals surface area contributed by atoms with E-state index in [1.807, 2.05) is 13.8 Å². The van der Waals surface area contributed by atoms with Crippen LogP contribution in [0.1, 0.15) is 41.1 Å². The van der Waals surface area contributed by atoms with Gasteiger partial charge in [0.15, 0.2) is 0 Å². The Bertz CT molecular complexity index is 396. The zero-order valence-electron chi connectivity index (χ0n) is 11.7. The highest BCUT2D eigenvalue weighted by molar-refractivity contribution is 7.13. The van der Waals surface area contributed by atoms with Gasteiger partial charge in [-0.2, -0.15) is 0 Å². The molecule has 0 spiro atoms. The second-order valence-corrected chi connectivity index (χ2v) is 5.92. The molecule has 7 heteroatoms. The van der Waals surface area contributed by atoms with Crippen molar-refractivity contribution in [3.05, 3.63) is 15.6 Å². The summed E-state index contributed by atoms with van der Waals surface area (Å²) in [6, 6.07) is -0.00296. The number of hydrogen-bond donors (Lipinski definition) is 2. The molecule has 4 nitrogen and oxygen atoms in total. The highest BCUT2D eigenvalue weighted by Crippen LogP contribution is 2.20. The minimum atomic E-state index is -0.0517. The molecular formula is C12H23Cl2N3OS. The first kappa shape index (κ1) is 20.9. The van der Waals surface area contributed by atoms with Gasteiger partial charge in [-0.15, -0.1) is 36.2 Å². The lowest BCUT2D eigenvalue weighted by atomic mass is 10.1. The molecule has 1 atom stereocenters. The predicted octanol–water partition coefficient (Wildman–Crippen LogP) is 2.57. The Morgan fingerprint density at radius 1 is 1.37 bits per heavy atom. The lowest BCUT2D eigenvalue weighted by Gasteiger charge is -2.11. The minimum absolute atomic E-state index is 0. The zero-order chi connectivity index (χ0) is 13.0. The maximum absolute atomic E-state index is 12.0. The lowest BCUT2D eigenvalue weighted by Crippen LogP contribution is -2.37. The first-order chi connectivity index (χ1) is 7.93. The average molecular weight is 328 g/mol. The molecule has 19 heavy (non-hydrogen) atoms. The van der Waals surface area contributed by atoms with Crippen molar-refractivity contribution in [3.63, 3.8) is 0 Å². The molecule has 0 fully saturated rings. The maximum Gasteiger partial charge on any atom is 0.263 e. The third-order valence-corrected chi connectivity index (χ3v) is 3.35. The molecule has 0 saturated heterocycles. The Morgan fingerprint density at radius 3 is 2.42 bits per heavy atom. The number of amides is 1. The van der Waals surface area contributed by atoms with Crippen LogP contribution in [0.3, 0.4) is 0 Å². The number of carbonyl (C=O) groups excluding carboxylic acids is 1. The van der Waals surface area contributed by atoms with Gasteiger partial charge in [0, 0.05) is 12.6 Å². The molecule has 0 bridgehead atoms. The summed E-state index contributed by atoms with van der Waals surface area (Å²) in [6.07, 6.45) is 0.837. The third-order valence-electron chi connectivity index (χ3n) is 2.34. The Balaban J connectivity index is 0.